The summed E-state index contributed by atoms with van der Waals surface area (Å²) in [5.41, 5.74) is 0. The van der Waals surface area contributed by atoms with Gasteiger partial charge in [-0.05, 0) is 19.4 Å². The van der Waals surface area contributed by atoms with Crippen LogP contribution in [-0.2, 0) is 20.1 Å². The molecule has 0 saturated carbocycles. The van der Waals surface area contributed by atoms with Gasteiger partial charge in [0.05, 0.1) is 13.1 Å². The Morgan fingerprint density at radius 2 is 2.29 bits per heavy atom. The van der Waals surface area contributed by atoms with Crippen molar-refractivity contribution in [3.63, 3.8) is 0 Å². The van der Waals surface area contributed by atoms with E-state index in [4.69, 9.17) is 0 Å². The van der Waals surface area contributed by atoms with E-state index in [1.807, 2.05) is 19.4 Å². The molecule has 0 N–H and O–H groups in total. The number of aromatic nitrogens is 5. The first-order valence-corrected chi connectivity index (χ1v) is 7.40. The molecular formula is C14H21FN6. The van der Waals surface area contributed by atoms with Gasteiger partial charge in [-0.25, -0.2) is 19.0 Å². The summed E-state index contributed by atoms with van der Waals surface area (Å²) >= 11 is 0. The van der Waals surface area contributed by atoms with E-state index in [0.29, 0.717) is 5.92 Å². The number of piperidine rings is 1. The number of hydrogen-bond donors (Lipinski definition) is 0. The molecule has 6 nitrogen and oxygen atoms in total. The molecule has 2 aromatic rings. The molecule has 1 aliphatic rings. The largest absolute Gasteiger partial charge is 0.338 e. The lowest BCUT2D eigenvalue weighted by atomic mass is 9.97. The van der Waals surface area contributed by atoms with Crippen LogP contribution in [0.1, 0.15) is 30.4 Å². The fourth-order valence-electron chi connectivity index (χ4n) is 3.06. The van der Waals surface area contributed by atoms with Crippen molar-refractivity contribution in [3.05, 3.63) is 30.4 Å². The Bertz CT molecular complexity index is 578. The number of halogens is 1. The molecule has 0 aliphatic carbocycles. The van der Waals surface area contributed by atoms with E-state index < -0.39 is 6.67 Å². The lowest BCUT2D eigenvalue weighted by Crippen LogP contribution is -2.35. The highest BCUT2D eigenvalue weighted by Crippen LogP contribution is 2.26. The second kappa shape index (κ2) is 6.34. The van der Waals surface area contributed by atoms with Gasteiger partial charge in [0.15, 0.2) is 0 Å². The van der Waals surface area contributed by atoms with Crippen LogP contribution in [0.4, 0.5) is 4.39 Å². The first-order valence-electron chi connectivity index (χ1n) is 7.40. The normalized spacial score (nSPS) is 20.0. The maximum absolute atomic E-state index is 12.5. The smallest absolute Gasteiger partial charge is 0.141 e. The minimum Gasteiger partial charge on any atom is -0.338 e. The van der Waals surface area contributed by atoms with Gasteiger partial charge in [0, 0.05) is 31.9 Å². The van der Waals surface area contributed by atoms with E-state index in [2.05, 4.69) is 24.5 Å². The van der Waals surface area contributed by atoms with Crippen LogP contribution < -0.4 is 0 Å². The van der Waals surface area contributed by atoms with Crippen molar-refractivity contribution in [2.75, 3.05) is 19.8 Å². The van der Waals surface area contributed by atoms with Crippen LogP contribution >= 0.6 is 0 Å². The molecule has 3 rings (SSSR count). The summed E-state index contributed by atoms with van der Waals surface area (Å²) in [5.74, 6) is 2.44. The fourth-order valence-corrected chi connectivity index (χ4v) is 3.06. The SMILES string of the molecule is Cn1ccnc1C1CCCN(Cc2ncnn2CCF)C1. The van der Waals surface area contributed by atoms with Gasteiger partial charge in [0.2, 0.25) is 0 Å². The molecular weight excluding hydrogens is 271 g/mol. The number of nitrogens with zero attached hydrogens (tertiary/aromatic N) is 6. The van der Waals surface area contributed by atoms with E-state index in [-0.39, 0.29) is 6.54 Å². The molecule has 0 bridgehead atoms. The first-order chi connectivity index (χ1) is 10.3. The van der Waals surface area contributed by atoms with Gasteiger partial charge in [0.1, 0.15) is 24.7 Å². The molecule has 1 fully saturated rings. The summed E-state index contributed by atoms with van der Waals surface area (Å²) < 4.78 is 16.2. The zero-order valence-electron chi connectivity index (χ0n) is 12.3. The molecule has 114 valence electrons. The molecule has 1 unspecified atom stereocenters. The zero-order valence-corrected chi connectivity index (χ0v) is 12.3. The van der Waals surface area contributed by atoms with Crippen molar-refractivity contribution >= 4 is 0 Å². The molecule has 1 aliphatic heterocycles. The monoisotopic (exact) mass is 292 g/mol. The summed E-state index contributed by atoms with van der Waals surface area (Å²) in [6.07, 6.45) is 7.66. The maximum Gasteiger partial charge on any atom is 0.141 e. The minimum absolute atomic E-state index is 0.284. The molecule has 0 aromatic carbocycles. The number of rotatable bonds is 5. The lowest BCUT2D eigenvalue weighted by Gasteiger charge is -2.32. The Hall–Kier alpha value is -1.76. The van der Waals surface area contributed by atoms with Crippen molar-refractivity contribution in [2.45, 2.75) is 31.8 Å². The van der Waals surface area contributed by atoms with Crippen LogP contribution in [0, 0.1) is 0 Å². The van der Waals surface area contributed by atoms with Gasteiger partial charge < -0.3 is 4.57 Å². The molecule has 21 heavy (non-hydrogen) atoms. The highest BCUT2D eigenvalue weighted by atomic mass is 19.1. The maximum atomic E-state index is 12.5. The Labute approximate surface area is 123 Å². The van der Waals surface area contributed by atoms with Gasteiger partial charge in [-0.3, -0.25) is 4.90 Å². The summed E-state index contributed by atoms with van der Waals surface area (Å²) in [4.78, 5) is 11.1. The number of imidazole rings is 1. The van der Waals surface area contributed by atoms with E-state index >= 15 is 0 Å². The average Bonchev–Trinajstić information content (AvgIpc) is 3.09. The molecule has 0 spiro atoms. The van der Waals surface area contributed by atoms with Crippen LogP contribution in [0.5, 0.6) is 0 Å². The zero-order chi connectivity index (χ0) is 14.7. The molecule has 3 heterocycles. The molecule has 1 atom stereocenters. The van der Waals surface area contributed by atoms with Crippen LogP contribution in [0.2, 0.25) is 0 Å². The Morgan fingerprint density at radius 1 is 1.38 bits per heavy atom. The molecule has 0 amide bonds. The standard InChI is InChI=1S/C14H21FN6/c1-19-8-5-16-14(19)12-3-2-6-20(9-12)10-13-17-11-18-21(13)7-4-15/h5,8,11-12H,2-4,6-7,9-10H2,1H3. The predicted octanol–water partition coefficient (Wildman–Crippen LogP) is 1.36. The van der Waals surface area contributed by atoms with Gasteiger partial charge in [0.25, 0.3) is 0 Å². The van der Waals surface area contributed by atoms with Crippen molar-refractivity contribution in [2.24, 2.45) is 7.05 Å². The van der Waals surface area contributed by atoms with Gasteiger partial charge in [-0.1, -0.05) is 0 Å². The molecule has 0 radical (unpaired) electrons. The highest BCUT2D eigenvalue weighted by Gasteiger charge is 2.25. The van der Waals surface area contributed by atoms with E-state index in [1.165, 1.54) is 12.7 Å². The number of hydrogen-bond acceptors (Lipinski definition) is 4. The number of alkyl halides is 1. The lowest BCUT2D eigenvalue weighted by molar-refractivity contribution is 0.187. The third kappa shape index (κ3) is 3.12. The van der Waals surface area contributed by atoms with Crippen LogP contribution in [-0.4, -0.2) is 49.0 Å². The van der Waals surface area contributed by atoms with E-state index in [0.717, 1.165) is 37.7 Å². The van der Waals surface area contributed by atoms with Crippen molar-refractivity contribution < 1.29 is 4.39 Å². The van der Waals surface area contributed by atoms with Crippen LogP contribution in [0.25, 0.3) is 0 Å². The summed E-state index contributed by atoms with van der Waals surface area (Å²) in [7, 11) is 2.04. The summed E-state index contributed by atoms with van der Waals surface area (Å²) in [5, 5.41) is 4.08. The Morgan fingerprint density at radius 3 is 3.05 bits per heavy atom. The first kappa shape index (κ1) is 14.2. The second-order valence-corrected chi connectivity index (χ2v) is 5.56. The van der Waals surface area contributed by atoms with Gasteiger partial charge >= 0.3 is 0 Å². The second-order valence-electron chi connectivity index (χ2n) is 5.56. The average molecular weight is 292 g/mol. The Kier molecular flexibility index (Phi) is 4.28. The van der Waals surface area contributed by atoms with Gasteiger partial charge in [-0.15, -0.1) is 0 Å². The fraction of sp³-hybridized carbons (Fsp3) is 0.643. The van der Waals surface area contributed by atoms with Crippen molar-refractivity contribution in [3.8, 4) is 0 Å². The summed E-state index contributed by atoms with van der Waals surface area (Å²) in [6, 6.07) is 0. The van der Waals surface area contributed by atoms with Crippen LogP contribution in [0.15, 0.2) is 18.7 Å². The summed E-state index contributed by atoms with van der Waals surface area (Å²) in [6.45, 7) is 2.61. The third-order valence-corrected chi connectivity index (χ3v) is 4.09. The topological polar surface area (TPSA) is 51.8 Å². The van der Waals surface area contributed by atoms with E-state index in [9.17, 15) is 4.39 Å². The molecule has 7 heteroatoms. The quantitative estimate of drug-likeness (QED) is 0.835. The molecule has 2 aromatic heterocycles. The van der Waals surface area contributed by atoms with Crippen molar-refractivity contribution in [1.29, 1.82) is 0 Å². The van der Waals surface area contributed by atoms with Gasteiger partial charge in [-0.2, -0.15) is 5.10 Å². The molecule has 1 saturated heterocycles. The minimum atomic E-state index is -0.410. The number of aryl methyl sites for hydroxylation is 2. The van der Waals surface area contributed by atoms with Crippen LogP contribution in [0.3, 0.4) is 0 Å². The third-order valence-electron chi connectivity index (χ3n) is 4.09. The van der Waals surface area contributed by atoms with E-state index in [1.54, 1.807) is 4.68 Å². The predicted molar refractivity (Wildman–Crippen MR) is 76.5 cm³/mol. The number of likely N-dealkylation sites (tertiary alicyclic amines) is 1. The van der Waals surface area contributed by atoms with Crippen molar-refractivity contribution in [1.82, 2.24) is 29.2 Å². The highest BCUT2D eigenvalue weighted by molar-refractivity contribution is 5.03. The Balaban J connectivity index is 1.66.